The number of carbonyl (C=O) groups is 1. The molecule has 0 aliphatic heterocycles. The summed E-state index contributed by atoms with van der Waals surface area (Å²) < 4.78 is 1.80. The van der Waals surface area contributed by atoms with E-state index in [0.29, 0.717) is 5.52 Å². The first-order valence-electron chi connectivity index (χ1n) is 6.42. The largest absolute Gasteiger partial charge is 0.478 e. The predicted octanol–water partition coefficient (Wildman–Crippen LogP) is 1.61. The van der Waals surface area contributed by atoms with Gasteiger partial charge in [0, 0.05) is 0 Å². The van der Waals surface area contributed by atoms with Crippen molar-refractivity contribution in [1.82, 2.24) is 15.0 Å². The van der Waals surface area contributed by atoms with Gasteiger partial charge in [0.05, 0.1) is 23.2 Å². The molecule has 1 aliphatic rings. The van der Waals surface area contributed by atoms with Crippen molar-refractivity contribution in [3.8, 4) is 0 Å². The molecule has 1 fully saturated rings. The fourth-order valence-corrected chi connectivity index (χ4v) is 2.71. The molecular weight excluding hydrogens is 246 g/mol. The van der Waals surface area contributed by atoms with Crippen molar-refractivity contribution in [2.24, 2.45) is 0 Å². The Labute approximate surface area is 109 Å². The van der Waals surface area contributed by atoms with Gasteiger partial charge in [0.15, 0.2) is 0 Å². The summed E-state index contributed by atoms with van der Waals surface area (Å²) >= 11 is 0. The number of aliphatic hydroxyl groups is 1. The van der Waals surface area contributed by atoms with Crippen LogP contribution in [0.25, 0.3) is 11.0 Å². The maximum Gasteiger partial charge on any atom is 0.338 e. The van der Waals surface area contributed by atoms with Crippen LogP contribution in [0.15, 0.2) is 18.2 Å². The van der Waals surface area contributed by atoms with Crippen molar-refractivity contribution in [2.45, 2.75) is 37.8 Å². The number of nitrogens with zero attached hydrogens (tertiary/aromatic N) is 3. The number of carboxylic acids is 1. The second-order valence-corrected chi connectivity index (χ2v) is 4.97. The minimum absolute atomic E-state index is 0.180. The maximum atomic E-state index is 11.1. The maximum absolute atomic E-state index is 11.1. The molecule has 0 amide bonds. The Morgan fingerprint density at radius 3 is 2.68 bits per heavy atom. The first-order valence-corrected chi connectivity index (χ1v) is 6.42. The zero-order valence-corrected chi connectivity index (χ0v) is 10.4. The minimum Gasteiger partial charge on any atom is -0.478 e. The smallest absolute Gasteiger partial charge is 0.338 e. The normalized spacial score (nSPS) is 23.6. The summed E-state index contributed by atoms with van der Waals surface area (Å²) in [5.41, 5.74) is 1.36. The molecule has 100 valence electrons. The predicted molar refractivity (Wildman–Crippen MR) is 68.0 cm³/mol. The van der Waals surface area contributed by atoms with E-state index < -0.39 is 5.97 Å². The van der Waals surface area contributed by atoms with Crippen LogP contribution < -0.4 is 0 Å². The van der Waals surface area contributed by atoms with Gasteiger partial charge in [-0.15, -0.1) is 5.10 Å². The third-order valence-corrected chi connectivity index (χ3v) is 3.75. The zero-order chi connectivity index (χ0) is 13.4. The van der Waals surface area contributed by atoms with E-state index in [4.69, 9.17) is 5.11 Å². The van der Waals surface area contributed by atoms with E-state index in [9.17, 15) is 9.90 Å². The van der Waals surface area contributed by atoms with Gasteiger partial charge in [-0.3, -0.25) is 0 Å². The first-order chi connectivity index (χ1) is 9.16. The number of benzene rings is 1. The number of aromatic nitrogens is 3. The Hall–Kier alpha value is -1.95. The van der Waals surface area contributed by atoms with Crippen LogP contribution in [0.3, 0.4) is 0 Å². The van der Waals surface area contributed by atoms with Gasteiger partial charge in [-0.05, 0) is 37.8 Å². The highest BCUT2D eigenvalue weighted by Crippen LogP contribution is 2.30. The second kappa shape index (κ2) is 4.62. The monoisotopic (exact) mass is 261 g/mol. The van der Waals surface area contributed by atoms with Gasteiger partial charge in [0.25, 0.3) is 0 Å². The molecule has 0 atom stereocenters. The number of hydrogen-bond acceptors (Lipinski definition) is 4. The van der Waals surface area contributed by atoms with E-state index in [-0.39, 0.29) is 17.7 Å². The molecule has 0 bridgehead atoms. The van der Waals surface area contributed by atoms with E-state index in [0.717, 1.165) is 31.2 Å². The SMILES string of the molecule is O=C(O)c1cccc2c1nnn2C1CCC(O)CC1. The standard InChI is InChI=1S/C13H15N3O3/c17-9-6-4-8(5-7-9)16-11-3-1-2-10(13(18)19)12(11)14-15-16/h1-3,8-9,17H,4-7H2,(H,18,19). The molecule has 1 aromatic carbocycles. The highest BCUT2D eigenvalue weighted by Gasteiger charge is 2.24. The molecule has 1 heterocycles. The fourth-order valence-electron chi connectivity index (χ4n) is 2.71. The van der Waals surface area contributed by atoms with Crippen molar-refractivity contribution in [2.75, 3.05) is 0 Å². The fraction of sp³-hybridized carbons (Fsp3) is 0.462. The van der Waals surface area contributed by atoms with E-state index in [2.05, 4.69) is 10.3 Å². The van der Waals surface area contributed by atoms with Crippen LogP contribution in [0.1, 0.15) is 42.1 Å². The Morgan fingerprint density at radius 1 is 1.26 bits per heavy atom. The van der Waals surface area contributed by atoms with Crippen molar-refractivity contribution in [3.05, 3.63) is 23.8 Å². The molecule has 6 heteroatoms. The van der Waals surface area contributed by atoms with Gasteiger partial charge in [-0.25, -0.2) is 9.48 Å². The van der Waals surface area contributed by atoms with E-state index in [1.165, 1.54) is 6.07 Å². The Balaban J connectivity index is 2.01. The van der Waals surface area contributed by atoms with Crippen LogP contribution in [0.4, 0.5) is 0 Å². The highest BCUT2D eigenvalue weighted by molar-refractivity contribution is 6.00. The van der Waals surface area contributed by atoms with E-state index in [1.807, 2.05) is 6.07 Å². The molecule has 0 spiro atoms. The number of rotatable bonds is 2. The molecule has 1 aromatic heterocycles. The minimum atomic E-state index is -0.989. The lowest BCUT2D eigenvalue weighted by Crippen LogP contribution is -2.21. The molecular formula is C13H15N3O3. The summed E-state index contributed by atoms with van der Waals surface area (Å²) in [5, 5.41) is 26.8. The van der Waals surface area contributed by atoms with E-state index >= 15 is 0 Å². The second-order valence-electron chi connectivity index (χ2n) is 4.97. The van der Waals surface area contributed by atoms with Crippen molar-refractivity contribution < 1.29 is 15.0 Å². The van der Waals surface area contributed by atoms with E-state index in [1.54, 1.807) is 10.7 Å². The number of aromatic carboxylic acids is 1. The summed E-state index contributed by atoms with van der Waals surface area (Å²) in [6.07, 6.45) is 2.98. The average molecular weight is 261 g/mol. The van der Waals surface area contributed by atoms with Gasteiger partial charge in [-0.2, -0.15) is 0 Å². The average Bonchev–Trinajstić information content (AvgIpc) is 2.83. The van der Waals surface area contributed by atoms with Crippen LogP contribution in [0.2, 0.25) is 0 Å². The van der Waals surface area contributed by atoms with Crippen molar-refractivity contribution in [1.29, 1.82) is 0 Å². The number of carboxylic acid groups (broad SMARTS) is 1. The van der Waals surface area contributed by atoms with Crippen LogP contribution in [0, 0.1) is 0 Å². The Morgan fingerprint density at radius 2 is 2.00 bits per heavy atom. The first kappa shape index (κ1) is 12.1. The molecule has 6 nitrogen and oxygen atoms in total. The Kier molecular flexibility index (Phi) is 2.94. The Bertz CT molecular complexity index is 615. The summed E-state index contributed by atoms with van der Waals surface area (Å²) in [7, 11) is 0. The van der Waals surface area contributed by atoms with Crippen molar-refractivity contribution in [3.63, 3.8) is 0 Å². The molecule has 3 rings (SSSR count). The molecule has 2 aromatic rings. The van der Waals surface area contributed by atoms with Gasteiger partial charge < -0.3 is 10.2 Å². The summed E-state index contributed by atoms with van der Waals surface area (Å²) in [6, 6.07) is 5.28. The van der Waals surface area contributed by atoms with Gasteiger partial charge in [0.2, 0.25) is 0 Å². The molecule has 1 saturated carbocycles. The molecule has 1 aliphatic carbocycles. The molecule has 2 N–H and O–H groups in total. The lowest BCUT2D eigenvalue weighted by Gasteiger charge is -2.25. The number of hydrogen-bond donors (Lipinski definition) is 2. The third-order valence-electron chi connectivity index (χ3n) is 3.75. The molecule has 0 radical (unpaired) electrons. The number of aliphatic hydroxyl groups excluding tert-OH is 1. The van der Waals surface area contributed by atoms with Crippen LogP contribution >= 0.6 is 0 Å². The van der Waals surface area contributed by atoms with Crippen molar-refractivity contribution >= 4 is 17.0 Å². The van der Waals surface area contributed by atoms with Crippen LogP contribution in [-0.4, -0.2) is 37.3 Å². The highest BCUT2D eigenvalue weighted by atomic mass is 16.4. The van der Waals surface area contributed by atoms with Gasteiger partial charge >= 0.3 is 5.97 Å². The number of fused-ring (bicyclic) bond motifs is 1. The van der Waals surface area contributed by atoms with Gasteiger partial charge in [-0.1, -0.05) is 11.3 Å². The lowest BCUT2D eigenvalue weighted by molar-refractivity contribution is 0.0698. The molecule has 19 heavy (non-hydrogen) atoms. The molecule has 0 unspecified atom stereocenters. The van der Waals surface area contributed by atoms with Crippen LogP contribution in [-0.2, 0) is 0 Å². The molecule has 0 saturated heterocycles. The summed E-state index contributed by atoms with van der Waals surface area (Å²) in [5.74, 6) is -0.989. The van der Waals surface area contributed by atoms with Crippen LogP contribution in [0.5, 0.6) is 0 Å². The summed E-state index contributed by atoms with van der Waals surface area (Å²) in [4.78, 5) is 11.1. The third kappa shape index (κ3) is 2.08. The van der Waals surface area contributed by atoms with Gasteiger partial charge in [0.1, 0.15) is 5.52 Å². The zero-order valence-electron chi connectivity index (χ0n) is 10.4. The summed E-state index contributed by atoms with van der Waals surface area (Å²) in [6.45, 7) is 0. The lowest BCUT2D eigenvalue weighted by atomic mass is 9.93. The topological polar surface area (TPSA) is 88.2 Å². The quantitative estimate of drug-likeness (QED) is 0.857.